The lowest BCUT2D eigenvalue weighted by Crippen LogP contribution is -2.51. The maximum absolute atomic E-state index is 13.3. The van der Waals surface area contributed by atoms with Crippen molar-refractivity contribution in [3.8, 4) is 11.5 Å². The topological polar surface area (TPSA) is 79.9 Å². The first-order valence-electron chi connectivity index (χ1n) is 12.1. The fourth-order valence-corrected chi connectivity index (χ4v) is 4.44. The smallest absolute Gasteiger partial charge is 0.317 e. The van der Waals surface area contributed by atoms with E-state index in [2.05, 4.69) is 17.6 Å². The van der Waals surface area contributed by atoms with Gasteiger partial charge in [-0.05, 0) is 43.0 Å². The number of carbonyl (C=O) groups is 2. The zero-order valence-electron chi connectivity index (χ0n) is 20.7. The van der Waals surface area contributed by atoms with Crippen LogP contribution in [0.4, 0.5) is 4.79 Å². The molecule has 0 radical (unpaired) electrons. The first-order chi connectivity index (χ1) is 16.5. The van der Waals surface area contributed by atoms with Gasteiger partial charge in [0.25, 0.3) is 0 Å². The van der Waals surface area contributed by atoms with Crippen molar-refractivity contribution < 1.29 is 19.1 Å². The van der Waals surface area contributed by atoms with Crippen LogP contribution in [0.1, 0.15) is 56.2 Å². The van der Waals surface area contributed by atoms with Gasteiger partial charge in [-0.2, -0.15) is 0 Å². The lowest BCUT2D eigenvalue weighted by Gasteiger charge is -2.38. The number of ether oxygens (including phenoxy) is 2. The Labute approximate surface area is 202 Å². The van der Waals surface area contributed by atoms with Crippen molar-refractivity contribution in [1.29, 1.82) is 0 Å². The molecule has 3 amide bonds. The summed E-state index contributed by atoms with van der Waals surface area (Å²) in [5.41, 5.74) is 2.08. The van der Waals surface area contributed by atoms with Gasteiger partial charge in [-0.1, -0.05) is 49.7 Å². The van der Waals surface area contributed by atoms with Gasteiger partial charge in [-0.25, -0.2) is 4.79 Å². The normalized spacial score (nSPS) is 18.6. The van der Waals surface area contributed by atoms with Gasteiger partial charge in [0, 0.05) is 25.6 Å². The number of urea groups is 1. The number of piperidine rings is 1. The molecule has 1 heterocycles. The van der Waals surface area contributed by atoms with Crippen molar-refractivity contribution in [2.24, 2.45) is 5.92 Å². The zero-order chi connectivity index (χ0) is 24.5. The Bertz CT molecular complexity index is 950. The average molecular weight is 468 g/mol. The van der Waals surface area contributed by atoms with Crippen LogP contribution in [-0.2, 0) is 4.79 Å². The first kappa shape index (κ1) is 25.4. The number of likely N-dealkylation sites (tertiary alicyclic amines) is 1. The van der Waals surface area contributed by atoms with E-state index in [-0.39, 0.29) is 29.8 Å². The lowest BCUT2D eigenvalue weighted by molar-refractivity contribution is -0.127. The minimum absolute atomic E-state index is 0.00765. The summed E-state index contributed by atoms with van der Waals surface area (Å²) < 4.78 is 10.9. The maximum Gasteiger partial charge on any atom is 0.317 e. The number of amides is 3. The number of rotatable bonds is 9. The molecule has 7 nitrogen and oxygen atoms in total. The van der Waals surface area contributed by atoms with E-state index in [1.807, 2.05) is 55.5 Å². The predicted octanol–water partition coefficient (Wildman–Crippen LogP) is 4.50. The molecule has 1 aliphatic heterocycles. The molecule has 1 saturated heterocycles. The number of unbranched alkanes of at least 4 members (excludes halogenated alkanes) is 1. The van der Waals surface area contributed by atoms with Crippen molar-refractivity contribution >= 4 is 11.9 Å². The van der Waals surface area contributed by atoms with Gasteiger partial charge in [0.15, 0.2) is 11.5 Å². The third kappa shape index (κ3) is 6.43. The molecule has 0 saturated carbocycles. The molecule has 0 aliphatic carbocycles. The summed E-state index contributed by atoms with van der Waals surface area (Å²) >= 11 is 0. The molecule has 0 bridgehead atoms. The highest BCUT2D eigenvalue weighted by Crippen LogP contribution is 2.36. The third-order valence-corrected chi connectivity index (χ3v) is 6.45. The van der Waals surface area contributed by atoms with Crippen LogP contribution in [0.15, 0.2) is 48.5 Å². The van der Waals surface area contributed by atoms with E-state index in [0.717, 1.165) is 24.0 Å². The van der Waals surface area contributed by atoms with Crippen LogP contribution in [-0.4, -0.2) is 50.7 Å². The molecule has 2 N–H and O–H groups in total. The molecule has 2 aromatic carbocycles. The van der Waals surface area contributed by atoms with Gasteiger partial charge < -0.3 is 25.0 Å². The van der Waals surface area contributed by atoms with E-state index in [1.165, 1.54) is 0 Å². The van der Waals surface area contributed by atoms with Crippen LogP contribution < -0.4 is 20.1 Å². The van der Waals surface area contributed by atoms with Crippen LogP contribution in [0.5, 0.6) is 11.5 Å². The fraction of sp³-hybridized carbons (Fsp3) is 0.481. The Balaban J connectivity index is 1.79. The Morgan fingerprint density at radius 1 is 1.06 bits per heavy atom. The van der Waals surface area contributed by atoms with Gasteiger partial charge in [-0.15, -0.1) is 0 Å². The molecule has 1 fully saturated rings. The van der Waals surface area contributed by atoms with E-state index >= 15 is 0 Å². The molecule has 0 aromatic heterocycles. The monoisotopic (exact) mass is 467 g/mol. The van der Waals surface area contributed by atoms with Crippen LogP contribution in [0.2, 0.25) is 0 Å². The van der Waals surface area contributed by atoms with Crippen LogP contribution in [0.25, 0.3) is 0 Å². The quantitative estimate of drug-likeness (QED) is 0.533. The third-order valence-electron chi connectivity index (χ3n) is 6.45. The molecule has 184 valence electrons. The highest BCUT2D eigenvalue weighted by Gasteiger charge is 2.35. The van der Waals surface area contributed by atoms with Crippen LogP contribution in [0.3, 0.4) is 0 Å². The molecular formula is C27H37N3O4. The van der Waals surface area contributed by atoms with E-state index in [4.69, 9.17) is 9.47 Å². The Morgan fingerprint density at radius 2 is 1.79 bits per heavy atom. The van der Waals surface area contributed by atoms with Crippen molar-refractivity contribution in [3.63, 3.8) is 0 Å². The highest BCUT2D eigenvalue weighted by atomic mass is 16.5. The van der Waals surface area contributed by atoms with Crippen molar-refractivity contribution in [1.82, 2.24) is 15.5 Å². The molecule has 0 spiro atoms. The van der Waals surface area contributed by atoms with Gasteiger partial charge in [0.05, 0.1) is 26.2 Å². The van der Waals surface area contributed by atoms with Gasteiger partial charge >= 0.3 is 6.03 Å². The van der Waals surface area contributed by atoms with E-state index in [9.17, 15) is 9.59 Å². The van der Waals surface area contributed by atoms with E-state index in [1.54, 1.807) is 19.1 Å². The van der Waals surface area contributed by atoms with Crippen LogP contribution >= 0.6 is 0 Å². The maximum atomic E-state index is 13.3. The van der Waals surface area contributed by atoms with Crippen molar-refractivity contribution in [2.45, 2.75) is 45.1 Å². The van der Waals surface area contributed by atoms with Gasteiger partial charge in [0.2, 0.25) is 5.91 Å². The molecule has 1 aliphatic rings. The van der Waals surface area contributed by atoms with Crippen LogP contribution in [0, 0.1) is 5.92 Å². The molecule has 3 rings (SSSR count). The fourth-order valence-electron chi connectivity index (χ4n) is 4.44. The van der Waals surface area contributed by atoms with E-state index in [0.29, 0.717) is 37.6 Å². The highest BCUT2D eigenvalue weighted by molar-refractivity contribution is 5.81. The van der Waals surface area contributed by atoms with Crippen molar-refractivity contribution in [3.05, 3.63) is 59.7 Å². The summed E-state index contributed by atoms with van der Waals surface area (Å²) in [6.45, 7) is 5.65. The SMILES string of the molecule is CCCCNC(=O)N1C[C@H](C(=O)N[C@@H](C)c2ccccc2)C[C@@H](c2ccc(OC)c(OC)c2)C1. The summed E-state index contributed by atoms with van der Waals surface area (Å²) in [7, 11) is 3.21. The summed E-state index contributed by atoms with van der Waals surface area (Å²) in [5.74, 6) is 0.960. The summed E-state index contributed by atoms with van der Waals surface area (Å²) in [6.07, 6.45) is 2.59. The number of methoxy groups -OCH3 is 2. The minimum atomic E-state index is -0.310. The second kappa shape index (κ2) is 12.3. The lowest BCUT2D eigenvalue weighted by atomic mass is 9.83. The Morgan fingerprint density at radius 3 is 2.47 bits per heavy atom. The molecule has 2 aromatic rings. The van der Waals surface area contributed by atoms with Gasteiger partial charge in [0.1, 0.15) is 0 Å². The standard InChI is InChI=1S/C27H37N3O4/c1-5-6-14-28-27(32)30-17-22(21-12-13-24(33-3)25(16-21)34-4)15-23(18-30)26(31)29-19(2)20-10-8-7-9-11-20/h7-13,16,19,22-23H,5-6,14-15,17-18H2,1-4H3,(H,28,32)(H,29,31)/t19-,22+,23+/m0/s1. The summed E-state index contributed by atoms with van der Waals surface area (Å²) in [6, 6.07) is 15.5. The largest absolute Gasteiger partial charge is 0.493 e. The second-order valence-corrected chi connectivity index (χ2v) is 8.88. The van der Waals surface area contributed by atoms with E-state index < -0.39 is 0 Å². The Kier molecular flexibility index (Phi) is 9.19. The summed E-state index contributed by atoms with van der Waals surface area (Å²) in [5, 5.41) is 6.15. The molecule has 3 atom stereocenters. The molecule has 7 heteroatoms. The Hall–Kier alpha value is -3.22. The van der Waals surface area contributed by atoms with Gasteiger partial charge in [-0.3, -0.25) is 4.79 Å². The number of nitrogens with one attached hydrogen (secondary N) is 2. The second-order valence-electron chi connectivity index (χ2n) is 8.88. The average Bonchev–Trinajstić information content (AvgIpc) is 2.88. The molecule has 34 heavy (non-hydrogen) atoms. The predicted molar refractivity (Wildman–Crippen MR) is 133 cm³/mol. The zero-order valence-corrected chi connectivity index (χ0v) is 20.7. The number of nitrogens with zero attached hydrogens (tertiary/aromatic N) is 1. The minimum Gasteiger partial charge on any atom is -0.493 e. The van der Waals surface area contributed by atoms with Crippen molar-refractivity contribution in [2.75, 3.05) is 33.9 Å². The number of hydrogen-bond acceptors (Lipinski definition) is 4. The summed E-state index contributed by atoms with van der Waals surface area (Å²) in [4.78, 5) is 28.0. The number of carbonyl (C=O) groups excluding carboxylic acids is 2. The number of hydrogen-bond donors (Lipinski definition) is 2. The first-order valence-corrected chi connectivity index (χ1v) is 12.1. The number of benzene rings is 2. The molecular weight excluding hydrogens is 430 g/mol. The molecule has 0 unspecified atom stereocenters.